The number of carboxylic acid groups (broad SMARTS) is 1. The van der Waals surface area contributed by atoms with Crippen molar-refractivity contribution in [2.24, 2.45) is 0 Å². The number of aliphatic hydroxyl groups excluding tert-OH is 1. The fourth-order valence-electron chi connectivity index (χ4n) is 1.45. The van der Waals surface area contributed by atoms with Gasteiger partial charge in [-0.05, 0) is 12.1 Å². The maximum Gasteiger partial charge on any atom is 0.307 e. The molecule has 0 saturated heterocycles. The van der Waals surface area contributed by atoms with E-state index in [-0.39, 0.29) is 22.6 Å². The van der Waals surface area contributed by atoms with Gasteiger partial charge in [-0.1, -0.05) is 0 Å². The molecule has 0 bridgehead atoms. The number of aliphatic hydroxyl groups is 1. The van der Waals surface area contributed by atoms with E-state index in [9.17, 15) is 19.8 Å². The van der Waals surface area contributed by atoms with Gasteiger partial charge in [-0.15, -0.1) is 0 Å². The van der Waals surface area contributed by atoms with Crippen molar-refractivity contribution in [2.75, 3.05) is 6.61 Å². The van der Waals surface area contributed by atoms with Gasteiger partial charge in [0.1, 0.15) is 17.8 Å². The van der Waals surface area contributed by atoms with Gasteiger partial charge in [0.15, 0.2) is 0 Å². The number of rotatable bonds is 5. The summed E-state index contributed by atoms with van der Waals surface area (Å²) in [6, 6.07) is 2.16. The highest BCUT2D eigenvalue weighted by molar-refractivity contribution is 5.72. The van der Waals surface area contributed by atoms with Crippen molar-refractivity contribution in [3.05, 3.63) is 23.3 Å². The molecule has 6 nitrogen and oxygen atoms in total. The van der Waals surface area contributed by atoms with E-state index in [0.29, 0.717) is 6.29 Å². The molecule has 4 N–H and O–H groups in total. The Morgan fingerprint density at radius 1 is 1.29 bits per heavy atom. The van der Waals surface area contributed by atoms with Crippen LogP contribution in [0.5, 0.6) is 11.5 Å². The minimum atomic E-state index is -1.15. The van der Waals surface area contributed by atoms with Crippen LogP contribution in [0.2, 0.25) is 0 Å². The van der Waals surface area contributed by atoms with Crippen LogP contribution in [-0.4, -0.2) is 39.3 Å². The summed E-state index contributed by atoms with van der Waals surface area (Å²) < 4.78 is 0. The lowest BCUT2D eigenvalue weighted by Gasteiger charge is -2.12. The molecule has 1 rings (SSSR count). The normalized spacial score (nSPS) is 12.1. The lowest BCUT2D eigenvalue weighted by molar-refractivity contribution is -0.136. The van der Waals surface area contributed by atoms with E-state index < -0.39 is 24.9 Å². The monoisotopic (exact) mass is 240 g/mol. The van der Waals surface area contributed by atoms with Crippen molar-refractivity contribution >= 4 is 12.3 Å². The third kappa shape index (κ3) is 2.94. The van der Waals surface area contributed by atoms with Crippen molar-refractivity contribution in [1.82, 2.24) is 0 Å². The highest BCUT2D eigenvalue weighted by Gasteiger charge is 2.17. The summed E-state index contributed by atoms with van der Waals surface area (Å²) in [5.74, 6) is -2.76. The van der Waals surface area contributed by atoms with Gasteiger partial charge in [-0.3, -0.25) is 4.79 Å². The van der Waals surface area contributed by atoms with Gasteiger partial charge in [-0.2, -0.15) is 0 Å². The Balaban J connectivity index is 3.16. The summed E-state index contributed by atoms with van der Waals surface area (Å²) in [7, 11) is 0. The predicted molar refractivity (Wildman–Crippen MR) is 57.0 cm³/mol. The summed E-state index contributed by atoms with van der Waals surface area (Å²) >= 11 is 0. The molecule has 0 aliphatic carbocycles. The Morgan fingerprint density at radius 2 is 1.94 bits per heavy atom. The molecule has 0 radical (unpaired) electrons. The number of carbonyl (C=O) groups is 2. The zero-order valence-electron chi connectivity index (χ0n) is 8.83. The Bertz CT molecular complexity index is 440. The molecule has 0 aliphatic rings. The van der Waals surface area contributed by atoms with Crippen LogP contribution in [-0.2, 0) is 16.0 Å². The topological polar surface area (TPSA) is 115 Å². The van der Waals surface area contributed by atoms with Crippen LogP contribution < -0.4 is 0 Å². The first-order chi connectivity index (χ1) is 7.99. The molecular formula is C11H12O6. The number of aromatic hydroxyl groups is 2. The van der Waals surface area contributed by atoms with Gasteiger partial charge in [0.25, 0.3) is 0 Å². The van der Waals surface area contributed by atoms with Crippen LogP contribution in [0.25, 0.3) is 0 Å². The third-order valence-electron chi connectivity index (χ3n) is 2.33. The minimum Gasteiger partial charge on any atom is -0.508 e. The molecule has 1 aromatic carbocycles. The van der Waals surface area contributed by atoms with E-state index in [0.717, 1.165) is 12.1 Å². The van der Waals surface area contributed by atoms with Crippen LogP contribution in [0.1, 0.15) is 17.0 Å². The summed E-state index contributed by atoms with van der Waals surface area (Å²) in [5.41, 5.74) is 0.107. The van der Waals surface area contributed by atoms with E-state index in [1.165, 1.54) is 0 Å². The lowest BCUT2D eigenvalue weighted by atomic mass is 9.97. The molecule has 0 amide bonds. The number of hydrogen-bond donors (Lipinski definition) is 4. The van der Waals surface area contributed by atoms with E-state index >= 15 is 0 Å². The van der Waals surface area contributed by atoms with Crippen LogP contribution in [0, 0.1) is 0 Å². The molecule has 6 heteroatoms. The molecule has 0 aromatic heterocycles. The average molecular weight is 240 g/mol. The summed E-state index contributed by atoms with van der Waals surface area (Å²) in [4.78, 5) is 21.1. The van der Waals surface area contributed by atoms with E-state index in [4.69, 9.17) is 10.2 Å². The number of phenols is 2. The highest BCUT2D eigenvalue weighted by Crippen LogP contribution is 2.31. The quantitative estimate of drug-likeness (QED) is 0.425. The number of carboxylic acids is 1. The fraction of sp³-hybridized carbons (Fsp3) is 0.273. The summed E-state index contributed by atoms with van der Waals surface area (Å²) in [5, 5.41) is 36.6. The van der Waals surface area contributed by atoms with E-state index in [2.05, 4.69) is 0 Å². The zero-order chi connectivity index (χ0) is 13.0. The van der Waals surface area contributed by atoms with Crippen LogP contribution in [0.15, 0.2) is 12.1 Å². The van der Waals surface area contributed by atoms with E-state index in [1.54, 1.807) is 0 Å². The molecule has 0 heterocycles. The summed E-state index contributed by atoms with van der Waals surface area (Å²) in [6.45, 7) is -0.505. The molecule has 0 saturated carbocycles. The molecule has 0 spiro atoms. The molecule has 1 aromatic rings. The van der Waals surface area contributed by atoms with Crippen LogP contribution in [0.3, 0.4) is 0 Å². The third-order valence-corrected chi connectivity index (χ3v) is 2.33. The SMILES string of the molecule is O=C[C@@H](CO)c1cc(O)c(CC(=O)O)cc1O. The second-order valence-corrected chi connectivity index (χ2v) is 3.54. The van der Waals surface area contributed by atoms with Crippen LogP contribution in [0.4, 0.5) is 0 Å². The van der Waals surface area contributed by atoms with Crippen molar-refractivity contribution in [1.29, 1.82) is 0 Å². The van der Waals surface area contributed by atoms with E-state index in [1.807, 2.05) is 0 Å². The molecule has 17 heavy (non-hydrogen) atoms. The standard InChI is InChI=1S/C11H12O6/c12-4-7(5-13)8-3-9(14)6(1-10(8)15)2-11(16)17/h1,3-4,7,13-15H,2,5H2,(H,16,17)/t7-/m0/s1. The molecule has 1 atom stereocenters. The Kier molecular flexibility index (Phi) is 4.06. The van der Waals surface area contributed by atoms with Crippen molar-refractivity contribution in [3.63, 3.8) is 0 Å². The second kappa shape index (κ2) is 5.31. The molecular weight excluding hydrogens is 228 g/mol. The predicted octanol–water partition coefficient (Wildman–Crippen LogP) is -0.000300. The lowest BCUT2D eigenvalue weighted by Crippen LogP contribution is -2.07. The van der Waals surface area contributed by atoms with Crippen molar-refractivity contribution in [3.8, 4) is 11.5 Å². The van der Waals surface area contributed by atoms with Gasteiger partial charge >= 0.3 is 5.97 Å². The van der Waals surface area contributed by atoms with Gasteiger partial charge in [0.05, 0.1) is 18.9 Å². The number of aldehydes is 1. The Hall–Kier alpha value is -2.08. The van der Waals surface area contributed by atoms with Crippen molar-refractivity contribution < 1.29 is 30.0 Å². The molecule has 0 aliphatic heterocycles. The highest BCUT2D eigenvalue weighted by atomic mass is 16.4. The zero-order valence-corrected chi connectivity index (χ0v) is 8.83. The molecule has 92 valence electrons. The molecule has 0 fully saturated rings. The average Bonchev–Trinajstić information content (AvgIpc) is 2.25. The summed E-state index contributed by atoms with van der Waals surface area (Å²) in [6.07, 6.45) is -0.00405. The smallest absolute Gasteiger partial charge is 0.307 e. The number of benzene rings is 1. The minimum absolute atomic E-state index is 0.0429. The Morgan fingerprint density at radius 3 is 2.41 bits per heavy atom. The van der Waals surface area contributed by atoms with Gasteiger partial charge < -0.3 is 25.2 Å². The first-order valence-electron chi connectivity index (χ1n) is 4.82. The van der Waals surface area contributed by atoms with Gasteiger partial charge in [0.2, 0.25) is 0 Å². The first kappa shape index (κ1) is 13.0. The van der Waals surface area contributed by atoms with Gasteiger partial charge in [-0.25, -0.2) is 0 Å². The second-order valence-electron chi connectivity index (χ2n) is 3.54. The largest absolute Gasteiger partial charge is 0.508 e. The maximum absolute atomic E-state index is 10.6. The van der Waals surface area contributed by atoms with Gasteiger partial charge in [0, 0.05) is 11.1 Å². The maximum atomic E-state index is 10.6. The number of aliphatic carboxylic acids is 1. The number of hydrogen-bond acceptors (Lipinski definition) is 5. The Labute approximate surface area is 96.8 Å². The van der Waals surface area contributed by atoms with Crippen molar-refractivity contribution in [2.45, 2.75) is 12.3 Å². The fourth-order valence-corrected chi connectivity index (χ4v) is 1.45. The molecule has 0 unspecified atom stereocenters. The first-order valence-corrected chi connectivity index (χ1v) is 4.82. The van der Waals surface area contributed by atoms with Crippen LogP contribution >= 0.6 is 0 Å². The number of phenolic OH excluding ortho intramolecular Hbond substituents is 2. The number of carbonyl (C=O) groups excluding carboxylic acids is 1.